The topological polar surface area (TPSA) is 44.0 Å². The van der Waals surface area contributed by atoms with Crippen molar-refractivity contribution in [3.8, 4) is 6.07 Å². The third-order valence-corrected chi connectivity index (χ3v) is 3.80. The van der Waals surface area contributed by atoms with E-state index in [9.17, 15) is 5.11 Å². The molecule has 17 heavy (non-hydrogen) atoms. The van der Waals surface area contributed by atoms with Crippen LogP contribution in [-0.2, 0) is 0 Å². The zero-order chi connectivity index (χ0) is 12.5. The molecule has 1 aromatic carbocycles. The van der Waals surface area contributed by atoms with Crippen molar-refractivity contribution in [2.45, 2.75) is 25.9 Å². The first-order valence-corrected chi connectivity index (χ1v) is 7.15. The Balaban J connectivity index is 2.48. The highest BCUT2D eigenvalue weighted by atomic mass is 32.2. The fourth-order valence-electron chi connectivity index (χ4n) is 1.54. The number of unbranched alkanes of at least 4 members (excludes halogenated alkanes) is 1. The average molecular weight is 249 g/mol. The summed E-state index contributed by atoms with van der Waals surface area (Å²) < 4.78 is 0. The van der Waals surface area contributed by atoms with Crippen molar-refractivity contribution in [3.05, 3.63) is 35.9 Å². The minimum absolute atomic E-state index is 0.320. The van der Waals surface area contributed by atoms with E-state index in [0.717, 1.165) is 11.3 Å². The molecule has 1 rings (SSSR count). The predicted molar refractivity (Wildman–Crippen MR) is 72.7 cm³/mol. The Kier molecular flexibility index (Phi) is 6.76. The van der Waals surface area contributed by atoms with Crippen molar-refractivity contribution in [3.63, 3.8) is 0 Å². The highest BCUT2D eigenvalue weighted by Gasteiger charge is 2.20. The van der Waals surface area contributed by atoms with Gasteiger partial charge in [-0.05, 0) is 17.7 Å². The molecule has 1 aromatic rings. The van der Waals surface area contributed by atoms with E-state index in [4.69, 9.17) is 5.26 Å². The second-order valence-electron chi connectivity index (χ2n) is 4.02. The van der Waals surface area contributed by atoms with Crippen LogP contribution in [0.15, 0.2) is 30.3 Å². The lowest BCUT2D eigenvalue weighted by molar-refractivity contribution is 0.144. The molecule has 3 heteroatoms. The maximum absolute atomic E-state index is 10.1. The van der Waals surface area contributed by atoms with Crippen LogP contribution in [0.1, 0.15) is 31.4 Å². The molecule has 0 aliphatic rings. The lowest BCUT2D eigenvalue weighted by Gasteiger charge is -2.16. The fourth-order valence-corrected chi connectivity index (χ4v) is 2.71. The van der Waals surface area contributed by atoms with E-state index in [1.54, 1.807) is 11.8 Å². The van der Waals surface area contributed by atoms with Crippen molar-refractivity contribution in [2.75, 3.05) is 11.5 Å². The molecule has 1 N–H and O–H groups in total. The van der Waals surface area contributed by atoms with Crippen molar-refractivity contribution >= 4 is 11.8 Å². The first-order chi connectivity index (χ1) is 8.29. The van der Waals surface area contributed by atoms with Crippen molar-refractivity contribution in [1.82, 2.24) is 0 Å². The fraction of sp³-hybridized carbons (Fsp3) is 0.500. The van der Waals surface area contributed by atoms with Crippen molar-refractivity contribution in [2.24, 2.45) is 5.92 Å². The van der Waals surface area contributed by atoms with Gasteiger partial charge in [0.15, 0.2) is 0 Å². The first kappa shape index (κ1) is 14.1. The van der Waals surface area contributed by atoms with Gasteiger partial charge in [-0.1, -0.05) is 43.7 Å². The summed E-state index contributed by atoms with van der Waals surface area (Å²) in [4.78, 5) is 0. The molecule has 92 valence electrons. The third-order valence-electron chi connectivity index (χ3n) is 2.63. The van der Waals surface area contributed by atoms with Crippen LogP contribution in [0.4, 0.5) is 0 Å². The Morgan fingerprint density at radius 3 is 2.65 bits per heavy atom. The number of hydrogen-bond donors (Lipinski definition) is 1. The number of hydrogen-bond acceptors (Lipinski definition) is 3. The molecule has 0 amide bonds. The minimum Gasteiger partial charge on any atom is -0.387 e. The quantitative estimate of drug-likeness (QED) is 0.753. The molecule has 0 aliphatic carbocycles. The molecule has 0 spiro atoms. The van der Waals surface area contributed by atoms with Gasteiger partial charge in [-0.25, -0.2) is 0 Å². The van der Waals surface area contributed by atoms with Crippen molar-refractivity contribution < 1.29 is 5.11 Å². The van der Waals surface area contributed by atoms with Crippen LogP contribution in [-0.4, -0.2) is 16.6 Å². The molecule has 0 fully saturated rings. The zero-order valence-corrected chi connectivity index (χ0v) is 11.0. The number of nitrogens with zero attached hydrogens (tertiary/aromatic N) is 1. The standard InChI is InChI=1S/C14H19NOS/c1-2-3-9-17-11-13(10-15)14(16)12-7-5-4-6-8-12/h4-8,13-14,16H,2-3,9,11H2,1H3. The summed E-state index contributed by atoms with van der Waals surface area (Å²) in [5.41, 5.74) is 0.829. The van der Waals surface area contributed by atoms with E-state index in [-0.39, 0.29) is 5.92 Å². The Bertz CT molecular complexity index is 347. The number of rotatable bonds is 7. The second kappa shape index (κ2) is 8.16. The average Bonchev–Trinajstić information content (AvgIpc) is 2.39. The van der Waals surface area contributed by atoms with Crippen LogP contribution >= 0.6 is 11.8 Å². The predicted octanol–water partition coefficient (Wildman–Crippen LogP) is 3.39. The van der Waals surface area contributed by atoms with Gasteiger partial charge in [0.25, 0.3) is 0 Å². The van der Waals surface area contributed by atoms with Crippen LogP contribution in [0, 0.1) is 17.2 Å². The second-order valence-corrected chi connectivity index (χ2v) is 5.17. The molecule has 0 saturated heterocycles. The van der Waals surface area contributed by atoms with Gasteiger partial charge >= 0.3 is 0 Å². The summed E-state index contributed by atoms with van der Waals surface area (Å²) in [5, 5.41) is 19.2. The van der Waals surface area contributed by atoms with Crippen LogP contribution in [0.5, 0.6) is 0 Å². The lowest BCUT2D eigenvalue weighted by atomic mass is 9.99. The summed E-state index contributed by atoms with van der Waals surface area (Å²) in [6.07, 6.45) is 1.67. The molecule has 2 unspecified atom stereocenters. The van der Waals surface area contributed by atoms with E-state index >= 15 is 0 Å². The number of aliphatic hydroxyl groups is 1. The Labute approximate surface area is 108 Å². The van der Waals surface area contributed by atoms with Gasteiger partial charge in [0, 0.05) is 5.75 Å². The van der Waals surface area contributed by atoms with Gasteiger partial charge in [-0.3, -0.25) is 0 Å². The zero-order valence-electron chi connectivity index (χ0n) is 10.2. The van der Waals surface area contributed by atoms with Gasteiger partial charge in [0.2, 0.25) is 0 Å². The minimum atomic E-state index is -0.671. The Morgan fingerprint density at radius 2 is 2.06 bits per heavy atom. The highest BCUT2D eigenvalue weighted by Crippen LogP contribution is 2.24. The Morgan fingerprint density at radius 1 is 1.35 bits per heavy atom. The molecular weight excluding hydrogens is 230 g/mol. The van der Waals surface area contributed by atoms with E-state index in [2.05, 4.69) is 13.0 Å². The summed E-state index contributed by atoms with van der Waals surface area (Å²) in [7, 11) is 0. The SMILES string of the molecule is CCCCSCC(C#N)C(O)c1ccccc1. The van der Waals surface area contributed by atoms with E-state index in [1.807, 2.05) is 30.3 Å². The lowest BCUT2D eigenvalue weighted by Crippen LogP contribution is -2.13. The van der Waals surface area contributed by atoms with Gasteiger partial charge in [-0.2, -0.15) is 17.0 Å². The maximum atomic E-state index is 10.1. The number of benzene rings is 1. The molecule has 0 heterocycles. The van der Waals surface area contributed by atoms with Crippen LogP contribution in [0.2, 0.25) is 0 Å². The summed E-state index contributed by atoms with van der Waals surface area (Å²) in [6.45, 7) is 2.15. The molecule has 0 bridgehead atoms. The molecule has 0 aliphatic heterocycles. The first-order valence-electron chi connectivity index (χ1n) is 6.00. The van der Waals surface area contributed by atoms with Crippen LogP contribution < -0.4 is 0 Å². The largest absolute Gasteiger partial charge is 0.387 e. The maximum Gasteiger partial charge on any atom is 0.0956 e. The molecule has 0 radical (unpaired) electrons. The molecule has 2 atom stereocenters. The van der Waals surface area contributed by atoms with Gasteiger partial charge in [0.05, 0.1) is 18.1 Å². The number of nitriles is 1. The van der Waals surface area contributed by atoms with Crippen molar-refractivity contribution in [1.29, 1.82) is 5.26 Å². The summed E-state index contributed by atoms with van der Waals surface area (Å²) >= 11 is 1.75. The van der Waals surface area contributed by atoms with Crippen LogP contribution in [0.3, 0.4) is 0 Å². The monoisotopic (exact) mass is 249 g/mol. The normalized spacial score (nSPS) is 13.9. The smallest absolute Gasteiger partial charge is 0.0956 e. The molecular formula is C14H19NOS. The summed E-state index contributed by atoms with van der Waals surface area (Å²) in [5.74, 6) is 1.45. The van der Waals surface area contributed by atoms with E-state index in [0.29, 0.717) is 5.75 Å². The number of thioether (sulfide) groups is 1. The number of aliphatic hydroxyl groups excluding tert-OH is 1. The summed E-state index contributed by atoms with van der Waals surface area (Å²) in [6, 6.07) is 11.6. The van der Waals surface area contributed by atoms with E-state index < -0.39 is 6.10 Å². The Hall–Kier alpha value is -0.980. The molecule has 2 nitrogen and oxygen atoms in total. The van der Waals surface area contributed by atoms with E-state index in [1.165, 1.54) is 12.8 Å². The van der Waals surface area contributed by atoms with Gasteiger partial charge in [-0.15, -0.1) is 0 Å². The van der Waals surface area contributed by atoms with Gasteiger partial charge in [0.1, 0.15) is 0 Å². The molecule has 0 saturated carbocycles. The third kappa shape index (κ3) is 4.80. The highest BCUT2D eigenvalue weighted by molar-refractivity contribution is 7.99. The molecule has 0 aromatic heterocycles. The van der Waals surface area contributed by atoms with Gasteiger partial charge < -0.3 is 5.11 Å². The van der Waals surface area contributed by atoms with Crippen LogP contribution in [0.25, 0.3) is 0 Å².